The molecule has 0 saturated carbocycles. The molecule has 6 nitrogen and oxygen atoms in total. The van der Waals surface area contributed by atoms with Crippen LogP contribution >= 0.6 is 12.6 Å². The molecule has 0 radical (unpaired) electrons. The van der Waals surface area contributed by atoms with Gasteiger partial charge in [-0.2, -0.15) is 0 Å². The van der Waals surface area contributed by atoms with Gasteiger partial charge in [-0.1, -0.05) is 0 Å². The number of carbonyl (C=O) groups excluding carboxylic acids is 2. The Balaban J connectivity index is 2.59. The Morgan fingerprint density at radius 1 is 1.26 bits per heavy atom. The van der Waals surface area contributed by atoms with E-state index in [1.807, 2.05) is 0 Å². The van der Waals surface area contributed by atoms with Crippen LogP contribution in [0.25, 0.3) is 0 Å². The maximum absolute atomic E-state index is 11.7. The molecular weight excluding hydrogens is 268 g/mol. The second-order valence-corrected chi connectivity index (χ2v) is 4.37. The van der Waals surface area contributed by atoms with E-state index in [2.05, 4.69) is 17.9 Å². The van der Waals surface area contributed by atoms with Crippen LogP contribution in [0.3, 0.4) is 0 Å². The summed E-state index contributed by atoms with van der Waals surface area (Å²) in [6.07, 6.45) is -0.551. The topological polar surface area (TPSA) is 109 Å². The SMILES string of the molecule is Nc1ccc(NCC(=O)C(CC(=O)O)C(=O)S)cc1. The Bertz CT molecular complexity index is 487. The Kier molecular flexibility index (Phi) is 5.37. The fourth-order valence-corrected chi connectivity index (χ4v) is 1.66. The van der Waals surface area contributed by atoms with Gasteiger partial charge in [-0.05, 0) is 24.3 Å². The first-order valence-electron chi connectivity index (χ1n) is 5.47. The van der Waals surface area contributed by atoms with E-state index < -0.39 is 29.2 Å². The van der Waals surface area contributed by atoms with E-state index >= 15 is 0 Å². The lowest BCUT2D eigenvalue weighted by molar-refractivity contribution is -0.142. The lowest BCUT2D eigenvalue weighted by atomic mass is 10.0. The van der Waals surface area contributed by atoms with E-state index in [0.717, 1.165) is 0 Å². The molecule has 19 heavy (non-hydrogen) atoms. The van der Waals surface area contributed by atoms with Crippen LogP contribution in [0.1, 0.15) is 6.42 Å². The summed E-state index contributed by atoms with van der Waals surface area (Å²) in [5.74, 6) is -2.96. The molecule has 1 aromatic carbocycles. The van der Waals surface area contributed by atoms with Crippen LogP contribution in [0.4, 0.5) is 11.4 Å². The molecule has 0 bridgehead atoms. The maximum Gasteiger partial charge on any atom is 0.304 e. The number of Topliss-reactive ketones (excluding diaryl/α,β-unsaturated/α-hetero) is 1. The smallest absolute Gasteiger partial charge is 0.304 e. The monoisotopic (exact) mass is 282 g/mol. The summed E-state index contributed by atoms with van der Waals surface area (Å²) >= 11 is 3.53. The number of carbonyl (C=O) groups is 3. The molecule has 7 heteroatoms. The van der Waals surface area contributed by atoms with Crippen molar-refractivity contribution in [3.63, 3.8) is 0 Å². The lowest BCUT2D eigenvalue weighted by Crippen LogP contribution is -2.29. The van der Waals surface area contributed by atoms with Gasteiger partial charge in [0.2, 0.25) is 0 Å². The van der Waals surface area contributed by atoms with E-state index in [0.29, 0.717) is 11.4 Å². The number of nitrogens with one attached hydrogen (secondary N) is 1. The maximum atomic E-state index is 11.7. The number of benzene rings is 1. The quantitative estimate of drug-likeness (QED) is 0.334. The van der Waals surface area contributed by atoms with Crippen LogP contribution in [-0.2, 0) is 14.4 Å². The molecule has 1 aromatic rings. The highest BCUT2D eigenvalue weighted by molar-refractivity contribution is 7.96. The number of carboxylic acids is 1. The van der Waals surface area contributed by atoms with E-state index in [-0.39, 0.29) is 6.54 Å². The summed E-state index contributed by atoms with van der Waals surface area (Å²) < 4.78 is 0. The van der Waals surface area contributed by atoms with E-state index in [4.69, 9.17) is 10.8 Å². The van der Waals surface area contributed by atoms with Gasteiger partial charge in [0.15, 0.2) is 10.9 Å². The molecule has 102 valence electrons. The number of thiol groups is 1. The van der Waals surface area contributed by atoms with Crippen molar-refractivity contribution in [2.45, 2.75) is 6.42 Å². The minimum absolute atomic E-state index is 0.145. The van der Waals surface area contributed by atoms with Crippen molar-refractivity contribution in [2.24, 2.45) is 5.92 Å². The molecule has 1 atom stereocenters. The third-order valence-electron chi connectivity index (χ3n) is 2.44. The highest BCUT2D eigenvalue weighted by atomic mass is 32.1. The molecule has 0 saturated heterocycles. The lowest BCUT2D eigenvalue weighted by Gasteiger charge is -2.11. The van der Waals surface area contributed by atoms with Gasteiger partial charge >= 0.3 is 5.97 Å². The first-order chi connectivity index (χ1) is 8.90. The average Bonchev–Trinajstić information content (AvgIpc) is 2.34. The normalized spacial score (nSPS) is 11.6. The number of aliphatic carboxylic acids is 1. The van der Waals surface area contributed by atoms with Crippen molar-refractivity contribution < 1.29 is 19.5 Å². The minimum Gasteiger partial charge on any atom is -0.481 e. The number of nitrogens with two attached hydrogens (primary N) is 1. The van der Waals surface area contributed by atoms with E-state index in [9.17, 15) is 14.4 Å². The standard InChI is InChI=1S/C12H14N2O4S/c13-7-1-3-8(4-2-7)14-6-10(15)9(12(18)19)5-11(16)17/h1-4,9,14H,5-6,13H2,(H,16,17)(H,18,19). The number of anilines is 2. The van der Waals surface area contributed by atoms with Crippen LogP contribution in [0, 0.1) is 5.92 Å². The Hall–Kier alpha value is -2.02. The molecule has 0 heterocycles. The first-order valence-corrected chi connectivity index (χ1v) is 5.91. The molecule has 0 amide bonds. The number of hydrogen-bond acceptors (Lipinski definition) is 5. The van der Waals surface area contributed by atoms with Crippen LogP contribution in [0.15, 0.2) is 24.3 Å². The van der Waals surface area contributed by atoms with Gasteiger partial charge in [-0.15, -0.1) is 12.6 Å². The summed E-state index contributed by atoms with van der Waals surface area (Å²) in [5.41, 5.74) is 6.76. The highest BCUT2D eigenvalue weighted by Gasteiger charge is 2.26. The molecular formula is C12H14N2O4S. The van der Waals surface area contributed by atoms with Gasteiger partial charge in [0, 0.05) is 11.4 Å². The van der Waals surface area contributed by atoms with Crippen molar-refractivity contribution in [2.75, 3.05) is 17.6 Å². The zero-order chi connectivity index (χ0) is 14.4. The number of ketones is 1. The Labute approximate surface area is 115 Å². The molecule has 0 aromatic heterocycles. The zero-order valence-electron chi connectivity index (χ0n) is 10.00. The van der Waals surface area contributed by atoms with Crippen molar-refractivity contribution in [3.05, 3.63) is 24.3 Å². The number of hydrogen-bond donors (Lipinski definition) is 4. The first kappa shape index (κ1) is 15.0. The van der Waals surface area contributed by atoms with Crippen molar-refractivity contribution in [3.8, 4) is 0 Å². The summed E-state index contributed by atoms with van der Waals surface area (Å²) in [6.45, 7) is -0.145. The second-order valence-electron chi connectivity index (χ2n) is 3.93. The Morgan fingerprint density at radius 2 is 1.84 bits per heavy atom. The summed E-state index contributed by atoms with van der Waals surface area (Å²) in [7, 11) is 0. The third-order valence-corrected chi connectivity index (χ3v) is 2.75. The van der Waals surface area contributed by atoms with Crippen molar-refractivity contribution in [1.29, 1.82) is 0 Å². The van der Waals surface area contributed by atoms with Gasteiger partial charge in [0.25, 0.3) is 0 Å². The molecule has 0 spiro atoms. The van der Waals surface area contributed by atoms with Crippen LogP contribution in [0.2, 0.25) is 0 Å². The van der Waals surface area contributed by atoms with Crippen molar-refractivity contribution in [1.82, 2.24) is 0 Å². The second kappa shape index (κ2) is 6.79. The molecule has 0 fully saturated rings. The number of rotatable bonds is 7. The van der Waals surface area contributed by atoms with Gasteiger partial charge in [-0.25, -0.2) is 0 Å². The minimum atomic E-state index is -1.23. The predicted octanol–water partition coefficient (Wildman–Crippen LogP) is 0.797. The fraction of sp³-hybridized carbons (Fsp3) is 0.250. The van der Waals surface area contributed by atoms with Crippen LogP contribution < -0.4 is 11.1 Å². The van der Waals surface area contributed by atoms with Gasteiger partial charge in [0.1, 0.15) is 0 Å². The molecule has 0 aliphatic rings. The summed E-state index contributed by atoms with van der Waals surface area (Å²) in [4.78, 5) is 33.4. The van der Waals surface area contributed by atoms with Crippen LogP contribution in [-0.4, -0.2) is 28.5 Å². The summed E-state index contributed by atoms with van der Waals surface area (Å²) in [5, 5.41) is 10.7. The van der Waals surface area contributed by atoms with E-state index in [1.54, 1.807) is 24.3 Å². The van der Waals surface area contributed by atoms with E-state index in [1.165, 1.54) is 0 Å². The number of nitrogen functional groups attached to an aromatic ring is 1. The molecule has 4 N–H and O–H groups in total. The molecule has 0 aliphatic carbocycles. The largest absolute Gasteiger partial charge is 0.481 e. The molecule has 0 aliphatic heterocycles. The Morgan fingerprint density at radius 3 is 2.32 bits per heavy atom. The summed E-state index contributed by atoms with van der Waals surface area (Å²) in [6, 6.07) is 6.67. The zero-order valence-corrected chi connectivity index (χ0v) is 10.9. The molecule has 1 unspecified atom stereocenters. The van der Waals surface area contributed by atoms with Gasteiger partial charge < -0.3 is 16.2 Å². The predicted molar refractivity (Wildman–Crippen MR) is 74.1 cm³/mol. The number of carboxylic acid groups (broad SMARTS) is 1. The van der Waals surface area contributed by atoms with Crippen LogP contribution in [0.5, 0.6) is 0 Å². The highest BCUT2D eigenvalue weighted by Crippen LogP contribution is 2.13. The molecule has 1 rings (SSSR count). The average molecular weight is 282 g/mol. The third kappa shape index (κ3) is 5.01. The fourth-order valence-electron chi connectivity index (χ4n) is 1.43. The van der Waals surface area contributed by atoms with Gasteiger partial charge in [0.05, 0.1) is 18.9 Å². The van der Waals surface area contributed by atoms with Crippen molar-refractivity contribution >= 4 is 40.9 Å². The van der Waals surface area contributed by atoms with Gasteiger partial charge in [-0.3, -0.25) is 14.4 Å².